The maximum atomic E-state index is 13.5. The number of aromatic amines is 2. The molecule has 5 unspecified atom stereocenters. The molecule has 9 rings (SSSR count). The number of carbonyl (C=O) groups is 4. The first-order chi connectivity index (χ1) is 30.0. The van der Waals surface area contributed by atoms with Crippen LogP contribution in [0.1, 0.15) is 95.7 Å². The third-order valence-corrected chi connectivity index (χ3v) is 13.1. The number of hydrogen-bond donors (Lipinski definition) is 3. The quantitative estimate of drug-likeness (QED) is 0.0649. The third-order valence-electron chi connectivity index (χ3n) is 13.1. The molecule has 12 heteroatoms. The predicted octanol–water partition coefficient (Wildman–Crippen LogP) is 8.06. The van der Waals surface area contributed by atoms with E-state index in [1.807, 2.05) is 38.1 Å². The van der Waals surface area contributed by atoms with E-state index in [0.29, 0.717) is 43.9 Å². The number of fused-ring (bicyclic) bond motifs is 9. The number of allylic oxidation sites excluding steroid dienone is 1. The summed E-state index contributed by atoms with van der Waals surface area (Å²) in [6.07, 6.45) is 13.1. The predicted molar refractivity (Wildman–Crippen MR) is 244 cm³/mol. The second kappa shape index (κ2) is 22.8. The molecule has 0 radical (unpaired) electrons. The fourth-order valence-corrected chi connectivity index (χ4v) is 10.4. The molecule has 0 spiro atoms. The highest BCUT2D eigenvalue weighted by molar-refractivity contribution is 5.91. The van der Waals surface area contributed by atoms with Crippen molar-refractivity contribution < 1.29 is 38.1 Å². The van der Waals surface area contributed by atoms with Crippen molar-refractivity contribution in [3.63, 3.8) is 0 Å². The van der Waals surface area contributed by atoms with Crippen LogP contribution in [0.3, 0.4) is 0 Å². The van der Waals surface area contributed by atoms with Gasteiger partial charge in [-0.25, -0.2) is 0 Å². The highest BCUT2D eigenvalue weighted by Crippen LogP contribution is 2.57. The Labute approximate surface area is 366 Å². The average Bonchev–Trinajstić information content (AvgIpc) is 3.86. The zero-order valence-electron chi connectivity index (χ0n) is 37.9. The number of carbonyl (C=O) groups excluding carboxylic acids is 4. The first-order valence-corrected chi connectivity index (χ1v) is 22.4. The molecule has 4 heterocycles. The minimum Gasteiger partial charge on any atom is -0.471 e. The van der Waals surface area contributed by atoms with Gasteiger partial charge in [0.25, 0.3) is 6.47 Å². The van der Waals surface area contributed by atoms with Crippen LogP contribution in [0.5, 0.6) is 0 Å². The molecule has 62 heavy (non-hydrogen) atoms. The first-order valence-electron chi connectivity index (χ1n) is 22.4. The van der Waals surface area contributed by atoms with Gasteiger partial charge in [0, 0.05) is 72.1 Å². The molecular formula is C50H68N4O8. The van der Waals surface area contributed by atoms with E-state index in [0.717, 1.165) is 73.7 Å². The monoisotopic (exact) mass is 853 g/mol. The number of aryl methyl sites for hydroxylation is 1. The van der Waals surface area contributed by atoms with E-state index in [1.165, 1.54) is 74.3 Å². The Morgan fingerprint density at radius 1 is 0.839 bits per heavy atom. The largest absolute Gasteiger partial charge is 0.471 e. The zero-order valence-corrected chi connectivity index (χ0v) is 37.9. The molecule has 5 aliphatic rings. The molecule has 1 saturated heterocycles. The number of hydrogen-bond acceptors (Lipinski definition) is 10. The van der Waals surface area contributed by atoms with Crippen LogP contribution in [0, 0.1) is 17.8 Å². The van der Waals surface area contributed by atoms with Gasteiger partial charge in [-0.3, -0.25) is 24.1 Å². The Morgan fingerprint density at radius 3 is 2.06 bits per heavy atom. The van der Waals surface area contributed by atoms with Crippen LogP contribution < -0.4 is 5.73 Å². The summed E-state index contributed by atoms with van der Waals surface area (Å²) in [5, 5.41) is 2.51. The highest BCUT2D eigenvalue weighted by atomic mass is 16.5. The Bertz CT molecular complexity index is 2200. The van der Waals surface area contributed by atoms with Crippen LogP contribution in [-0.4, -0.2) is 92.4 Å². The molecule has 2 aromatic carbocycles. The Kier molecular flexibility index (Phi) is 17.6. The number of esters is 3. The van der Waals surface area contributed by atoms with E-state index in [-0.39, 0.29) is 30.4 Å². The van der Waals surface area contributed by atoms with Crippen molar-refractivity contribution in [2.45, 2.75) is 104 Å². The van der Waals surface area contributed by atoms with Crippen LogP contribution in [0.4, 0.5) is 0 Å². The summed E-state index contributed by atoms with van der Waals surface area (Å²) in [5.74, 6) is 0.395. The lowest BCUT2D eigenvalue weighted by Crippen LogP contribution is -2.53. The Hall–Kier alpha value is -5.20. The van der Waals surface area contributed by atoms with Crippen molar-refractivity contribution >= 4 is 46.2 Å². The van der Waals surface area contributed by atoms with Crippen LogP contribution in [0.15, 0.2) is 71.8 Å². The van der Waals surface area contributed by atoms with Gasteiger partial charge in [-0.15, -0.1) is 0 Å². The molecule has 3 saturated carbocycles. The number of H-pyrrole nitrogens is 2. The standard InChI is InChI=1S/C24H30N2O4.C22H28N2O2.C2H4O2.C2H6/c1-15(27)30-12-10-17-13-16-7-8-20(17)24(14-16,23(28)29-2)22-19(9-11-25)18-5-3-4-6-21(18)26-22;1-15-18(10-12-26-16(2)25)13-17-7-8-22-20(9-11-24(15)14-17)19-5-3-4-6-21(19)23-22;1-4-2-3;1-2/h3-6,10,16,20,26H,7-9,11-14,25H2,1-2H3;3-6,10,15,17,23H,7-9,11-14H2,1-2H3;2H,1H3;1-2H3/b17-10+;18-10+;;/t16?,20?,24-;;;/m0.../s1. The fourth-order valence-electron chi connectivity index (χ4n) is 10.4. The topological polar surface area (TPSA) is 166 Å². The normalized spacial score (nSPS) is 24.9. The van der Waals surface area contributed by atoms with Crippen molar-refractivity contribution in [2.24, 2.45) is 23.5 Å². The van der Waals surface area contributed by atoms with Crippen LogP contribution in [-0.2, 0) is 62.8 Å². The van der Waals surface area contributed by atoms with Gasteiger partial charge < -0.3 is 34.6 Å². The number of nitrogens with one attached hydrogen (secondary N) is 2. The van der Waals surface area contributed by atoms with E-state index < -0.39 is 5.41 Å². The van der Waals surface area contributed by atoms with Crippen molar-refractivity contribution in [2.75, 3.05) is 47.1 Å². The molecule has 4 N–H and O–H groups in total. The number of rotatable bonds is 9. The SMILES string of the molecule is CC.CC(=O)OC/C=C1\CC2CCc3[nH]c4ccccc4c3CCN(C2)C1C.COC(=O)[C@@]1(c2[nH]c3ccccc3c2CCN)CC2CCC1/C(=C/COC(C)=O)C2.COC=O. The second-order valence-corrected chi connectivity index (χ2v) is 16.6. The van der Waals surface area contributed by atoms with Crippen molar-refractivity contribution in [3.05, 3.63) is 94.3 Å². The average molecular weight is 853 g/mol. The fraction of sp³-hybridized carbons (Fsp3) is 0.520. The molecule has 2 aliphatic heterocycles. The molecule has 4 fully saturated rings. The number of methoxy groups -OCH3 is 2. The van der Waals surface area contributed by atoms with Gasteiger partial charge in [0.2, 0.25) is 0 Å². The van der Waals surface area contributed by atoms with Gasteiger partial charge in [0.15, 0.2) is 0 Å². The van der Waals surface area contributed by atoms with Crippen LogP contribution in [0.25, 0.3) is 21.8 Å². The van der Waals surface area contributed by atoms with Gasteiger partial charge >= 0.3 is 17.9 Å². The summed E-state index contributed by atoms with van der Waals surface area (Å²) in [6, 6.07) is 17.3. The molecule has 336 valence electrons. The van der Waals surface area contributed by atoms with E-state index in [4.69, 9.17) is 24.7 Å². The Morgan fingerprint density at radius 2 is 1.45 bits per heavy atom. The first kappa shape index (κ1) is 47.8. The summed E-state index contributed by atoms with van der Waals surface area (Å²) in [4.78, 5) is 54.5. The summed E-state index contributed by atoms with van der Waals surface area (Å²) in [7, 11) is 2.78. The molecule has 12 nitrogen and oxygen atoms in total. The maximum absolute atomic E-state index is 13.5. The lowest BCUT2D eigenvalue weighted by molar-refractivity contribution is -0.153. The number of para-hydroxylation sites is 2. The van der Waals surface area contributed by atoms with Gasteiger partial charge in [-0.1, -0.05) is 61.4 Å². The van der Waals surface area contributed by atoms with E-state index in [1.54, 1.807) is 0 Å². The summed E-state index contributed by atoms with van der Waals surface area (Å²) >= 11 is 0. The number of benzene rings is 2. The van der Waals surface area contributed by atoms with Crippen LogP contribution >= 0.6 is 0 Å². The number of ether oxygens (including phenoxy) is 4. The zero-order chi connectivity index (χ0) is 44.8. The molecule has 4 bridgehead atoms. The van der Waals surface area contributed by atoms with Crippen molar-refractivity contribution in [3.8, 4) is 0 Å². The maximum Gasteiger partial charge on any atom is 0.318 e. The summed E-state index contributed by atoms with van der Waals surface area (Å²) in [5.41, 5.74) is 15.1. The molecule has 4 aromatic rings. The van der Waals surface area contributed by atoms with E-state index in [9.17, 15) is 14.4 Å². The third kappa shape index (κ3) is 10.9. The van der Waals surface area contributed by atoms with Crippen LogP contribution in [0.2, 0.25) is 0 Å². The van der Waals surface area contributed by atoms with E-state index >= 15 is 0 Å². The van der Waals surface area contributed by atoms with Crippen molar-refractivity contribution in [1.29, 1.82) is 0 Å². The number of piperidine rings is 1. The number of nitrogens with two attached hydrogens (primary N) is 1. The van der Waals surface area contributed by atoms with Gasteiger partial charge in [0.05, 0.1) is 14.2 Å². The minimum absolute atomic E-state index is 0.0232. The molecule has 0 amide bonds. The minimum atomic E-state index is -0.762. The molecular weight excluding hydrogens is 785 g/mol. The second-order valence-electron chi connectivity index (χ2n) is 16.6. The highest BCUT2D eigenvalue weighted by Gasteiger charge is 2.57. The molecule has 3 aliphatic carbocycles. The lowest BCUT2D eigenvalue weighted by atomic mass is 9.52. The lowest BCUT2D eigenvalue weighted by Gasteiger charge is -2.51. The summed E-state index contributed by atoms with van der Waals surface area (Å²) < 4.78 is 19.6. The number of nitrogens with zero attached hydrogens (tertiary/aromatic N) is 1. The smallest absolute Gasteiger partial charge is 0.318 e. The van der Waals surface area contributed by atoms with E-state index in [2.05, 4.69) is 62.9 Å². The van der Waals surface area contributed by atoms with Crippen molar-refractivity contribution in [1.82, 2.24) is 14.9 Å². The Balaban J connectivity index is 0.000000210. The number of aromatic nitrogens is 2. The van der Waals surface area contributed by atoms with Gasteiger partial charge in [-0.05, 0) is 119 Å². The molecule has 2 aromatic heterocycles. The van der Waals surface area contributed by atoms with Gasteiger partial charge in [0.1, 0.15) is 18.6 Å². The van der Waals surface area contributed by atoms with Gasteiger partial charge in [-0.2, -0.15) is 0 Å². The summed E-state index contributed by atoms with van der Waals surface area (Å²) in [6.45, 7) is 13.0. The molecule has 6 atom stereocenters.